The number of carbonyl (C=O) groups is 2. The molecular weight excluding hydrogens is 378 g/mol. The van der Waals surface area contributed by atoms with Crippen molar-refractivity contribution >= 4 is 33.5 Å². The monoisotopic (exact) mass is 399 g/mol. The van der Waals surface area contributed by atoms with E-state index in [9.17, 15) is 18.0 Å². The Balaban J connectivity index is 1.61. The minimum absolute atomic E-state index is 0.335. The summed E-state index contributed by atoms with van der Waals surface area (Å²) in [6.45, 7) is 1.93. The van der Waals surface area contributed by atoms with Gasteiger partial charge in [-0.2, -0.15) is 0 Å². The average Bonchev–Trinajstić information content (AvgIpc) is 3.09. The van der Waals surface area contributed by atoms with E-state index in [0.717, 1.165) is 22.9 Å². The number of ketones is 1. The van der Waals surface area contributed by atoms with Crippen LogP contribution in [0.15, 0.2) is 48.5 Å². The third kappa shape index (κ3) is 4.48. The molecule has 28 heavy (non-hydrogen) atoms. The summed E-state index contributed by atoms with van der Waals surface area (Å²) in [6, 6.07) is 12.5. The van der Waals surface area contributed by atoms with Crippen LogP contribution in [0.25, 0.3) is 6.08 Å². The molecule has 0 saturated heterocycles. The van der Waals surface area contributed by atoms with Crippen molar-refractivity contribution in [2.24, 2.45) is 0 Å². The highest BCUT2D eigenvalue weighted by Crippen LogP contribution is 2.30. The molecular formula is C21H21NO5S. The second-order valence-electron chi connectivity index (χ2n) is 6.65. The van der Waals surface area contributed by atoms with Crippen LogP contribution in [0.5, 0.6) is 0 Å². The zero-order valence-corrected chi connectivity index (χ0v) is 16.5. The van der Waals surface area contributed by atoms with E-state index in [2.05, 4.69) is 0 Å². The maximum absolute atomic E-state index is 12.3. The molecule has 0 unspecified atom stereocenters. The molecule has 1 aliphatic heterocycles. The van der Waals surface area contributed by atoms with E-state index in [1.807, 2.05) is 31.2 Å². The van der Waals surface area contributed by atoms with Crippen molar-refractivity contribution in [2.75, 3.05) is 23.7 Å². The molecule has 2 aromatic carbocycles. The molecule has 0 atom stereocenters. The number of carbonyl (C=O) groups excluding carboxylic acids is 2. The first-order valence-electron chi connectivity index (χ1n) is 8.80. The van der Waals surface area contributed by atoms with Crippen LogP contribution >= 0.6 is 0 Å². The van der Waals surface area contributed by atoms with Crippen molar-refractivity contribution in [1.29, 1.82) is 0 Å². The number of nitrogens with zero attached hydrogens (tertiary/aromatic N) is 1. The molecule has 2 aromatic rings. The van der Waals surface area contributed by atoms with Crippen molar-refractivity contribution in [3.8, 4) is 0 Å². The van der Waals surface area contributed by atoms with Gasteiger partial charge in [0.1, 0.15) is 0 Å². The van der Waals surface area contributed by atoms with Gasteiger partial charge in [-0.3, -0.25) is 9.10 Å². The molecule has 0 aromatic heterocycles. The molecule has 0 bridgehead atoms. The lowest BCUT2D eigenvalue weighted by atomic mass is 10.1. The maximum Gasteiger partial charge on any atom is 0.331 e. The van der Waals surface area contributed by atoms with Gasteiger partial charge in [0, 0.05) is 18.2 Å². The fourth-order valence-corrected chi connectivity index (χ4v) is 4.05. The van der Waals surface area contributed by atoms with Gasteiger partial charge in [-0.25, -0.2) is 13.2 Å². The predicted molar refractivity (Wildman–Crippen MR) is 108 cm³/mol. The van der Waals surface area contributed by atoms with Crippen LogP contribution < -0.4 is 4.31 Å². The molecule has 1 aliphatic rings. The topological polar surface area (TPSA) is 80.8 Å². The summed E-state index contributed by atoms with van der Waals surface area (Å²) in [5.74, 6) is -0.931. The van der Waals surface area contributed by atoms with Crippen LogP contribution in [0.3, 0.4) is 0 Å². The summed E-state index contributed by atoms with van der Waals surface area (Å²) in [5.41, 5.74) is 3.72. The first kappa shape index (κ1) is 19.8. The number of hydrogen-bond donors (Lipinski definition) is 0. The van der Waals surface area contributed by atoms with Gasteiger partial charge in [0.15, 0.2) is 12.4 Å². The number of rotatable bonds is 6. The summed E-state index contributed by atoms with van der Waals surface area (Å²) in [7, 11) is -3.33. The summed E-state index contributed by atoms with van der Waals surface area (Å²) >= 11 is 0. The lowest BCUT2D eigenvalue weighted by molar-refractivity contribution is -0.136. The Kier molecular flexibility index (Phi) is 5.65. The molecule has 6 nitrogen and oxygen atoms in total. The predicted octanol–water partition coefficient (Wildman–Crippen LogP) is 2.76. The van der Waals surface area contributed by atoms with E-state index in [-0.39, 0.29) is 12.4 Å². The Morgan fingerprint density at radius 1 is 1.18 bits per heavy atom. The molecule has 0 amide bonds. The molecule has 0 fully saturated rings. The van der Waals surface area contributed by atoms with E-state index in [1.165, 1.54) is 10.4 Å². The highest BCUT2D eigenvalue weighted by Gasteiger charge is 2.26. The second-order valence-corrected chi connectivity index (χ2v) is 8.56. The highest BCUT2D eigenvalue weighted by molar-refractivity contribution is 7.92. The van der Waals surface area contributed by atoms with Gasteiger partial charge in [-0.05, 0) is 54.3 Å². The third-order valence-electron chi connectivity index (χ3n) is 4.59. The molecule has 146 valence electrons. The maximum atomic E-state index is 12.3. The van der Waals surface area contributed by atoms with Gasteiger partial charge < -0.3 is 4.74 Å². The molecule has 0 spiro atoms. The Morgan fingerprint density at radius 2 is 1.93 bits per heavy atom. The number of sulfonamides is 1. The standard InChI is InChI=1S/C21H21NO5S/c1-15-5-3-4-6-16(15)8-10-21(24)27-14-20(23)18-7-9-19-17(13-18)11-12-22(19)28(2,25)26/h3-10,13H,11-12,14H2,1-2H3/b10-8+. The zero-order chi connectivity index (χ0) is 20.3. The molecule has 0 aliphatic carbocycles. The van der Waals surface area contributed by atoms with Crippen molar-refractivity contribution < 1.29 is 22.7 Å². The van der Waals surface area contributed by atoms with Crippen LogP contribution in [0, 0.1) is 6.92 Å². The second kappa shape index (κ2) is 7.98. The van der Waals surface area contributed by atoms with Gasteiger partial charge in [-0.15, -0.1) is 0 Å². The van der Waals surface area contributed by atoms with Gasteiger partial charge in [-0.1, -0.05) is 24.3 Å². The SMILES string of the molecule is Cc1ccccc1/C=C/C(=O)OCC(=O)c1ccc2c(c1)CCN2S(C)(=O)=O. The number of Topliss-reactive ketones (excluding diaryl/α,β-unsaturated/α-hetero) is 1. The van der Waals surface area contributed by atoms with Crippen LogP contribution in [0.4, 0.5) is 5.69 Å². The number of aryl methyl sites for hydroxylation is 1. The number of esters is 1. The fraction of sp³-hybridized carbons (Fsp3) is 0.238. The van der Waals surface area contributed by atoms with Gasteiger partial charge in [0.2, 0.25) is 10.0 Å². The number of hydrogen-bond acceptors (Lipinski definition) is 5. The smallest absolute Gasteiger partial charge is 0.331 e. The number of ether oxygens (including phenoxy) is 1. The average molecular weight is 399 g/mol. The van der Waals surface area contributed by atoms with Crippen LogP contribution in [0.2, 0.25) is 0 Å². The minimum Gasteiger partial charge on any atom is -0.454 e. The van der Waals surface area contributed by atoms with Crippen LogP contribution in [0.1, 0.15) is 27.0 Å². The molecule has 3 rings (SSSR count). The Morgan fingerprint density at radius 3 is 2.64 bits per heavy atom. The quantitative estimate of drug-likeness (QED) is 0.424. The number of fused-ring (bicyclic) bond motifs is 1. The number of anilines is 1. The summed E-state index contributed by atoms with van der Waals surface area (Å²) in [4.78, 5) is 24.2. The lowest BCUT2D eigenvalue weighted by Crippen LogP contribution is -2.27. The Bertz CT molecular complexity index is 1060. The van der Waals surface area contributed by atoms with Crippen molar-refractivity contribution in [2.45, 2.75) is 13.3 Å². The van der Waals surface area contributed by atoms with Gasteiger partial charge in [0.25, 0.3) is 0 Å². The first-order chi connectivity index (χ1) is 13.3. The van der Waals surface area contributed by atoms with E-state index in [1.54, 1.807) is 24.3 Å². The lowest BCUT2D eigenvalue weighted by Gasteiger charge is -2.16. The van der Waals surface area contributed by atoms with Crippen molar-refractivity contribution in [3.63, 3.8) is 0 Å². The van der Waals surface area contributed by atoms with E-state index in [0.29, 0.717) is 24.2 Å². The van der Waals surface area contributed by atoms with E-state index in [4.69, 9.17) is 4.74 Å². The largest absolute Gasteiger partial charge is 0.454 e. The highest BCUT2D eigenvalue weighted by atomic mass is 32.2. The van der Waals surface area contributed by atoms with Crippen LogP contribution in [-0.2, 0) is 26.0 Å². The van der Waals surface area contributed by atoms with Crippen molar-refractivity contribution in [1.82, 2.24) is 0 Å². The fourth-order valence-electron chi connectivity index (χ4n) is 3.09. The van der Waals surface area contributed by atoms with E-state index >= 15 is 0 Å². The van der Waals surface area contributed by atoms with Gasteiger partial charge in [0.05, 0.1) is 11.9 Å². The van der Waals surface area contributed by atoms with Gasteiger partial charge >= 0.3 is 5.97 Å². The Hall–Kier alpha value is -2.93. The minimum atomic E-state index is -3.33. The number of benzene rings is 2. The molecule has 0 radical (unpaired) electrons. The zero-order valence-electron chi connectivity index (χ0n) is 15.7. The summed E-state index contributed by atoms with van der Waals surface area (Å²) in [5, 5.41) is 0. The molecule has 0 saturated carbocycles. The third-order valence-corrected chi connectivity index (χ3v) is 5.77. The summed E-state index contributed by atoms with van der Waals surface area (Å²) < 4.78 is 29.9. The molecule has 7 heteroatoms. The van der Waals surface area contributed by atoms with Crippen LogP contribution in [-0.4, -0.2) is 39.6 Å². The molecule has 0 N–H and O–H groups in total. The van der Waals surface area contributed by atoms with Crippen molar-refractivity contribution in [3.05, 3.63) is 70.8 Å². The van der Waals surface area contributed by atoms with E-state index < -0.39 is 16.0 Å². The normalized spacial score (nSPS) is 13.6. The first-order valence-corrected chi connectivity index (χ1v) is 10.6. The summed E-state index contributed by atoms with van der Waals surface area (Å²) in [6.07, 6.45) is 4.65. The Labute approximate surface area is 164 Å². The molecule has 1 heterocycles.